The molecule has 0 aliphatic carbocycles. The number of nitrogens with zero attached hydrogens (tertiary/aromatic N) is 1. The third kappa shape index (κ3) is 3.05. The summed E-state index contributed by atoms with van der Waals surface area (Å²) in [6.45, 7) is 7.26. The Bertz CT molecular complexity index is 589. The zero-order valence-electron chi connectivity index (χ0n) is 13.8. The van der Waals surface area contributed by atoms with Gasteiger partial charge in [0.2, 0.25) is 0 Å². The van der Waals surface area contributed by atoms with Crippen molar-refractivity contribution < 1.29 is 18.7 Å². The molecule has 2 aliphatic heterocycles. The molecule has 126 valence electrons. The Morgan fingerprint density at radius 3 is 2.87 bits per heavy atom. The minimum absolute atomic E-state index is 0.0595. The lowest BCUT2D eigenvalue weighted by molar-refractivity contribution is -0.159. The molecule has 2 amide bonds. The number of rotatable bonds is 1. The Hall–Kier alpha value is -1.66. The first-order valence-corrected chi connectivity index (χ1v) is 8.02. The van der Waals surface area contributed by atoms with E-state index in [9.17, 15) is 9.18 Å². The number of hydrogen-bond acceptors (Lipinski definition) is 3. The minimum atomic E-state index is -0.459. The summed E-state index contributed by atoms with van der Waals surface area (Å²) in [7, 11) is 0. The number of carbonyl (C=O) groups excluding carboxylic acids is 1. The minimum Gasteiger partial charge on any atom is -0.375 e. The normalized spacial score (nSPS) is 30.7. The molecule has 3 unspecified atom stereocenters. The van der Waals surface area contributed by atoms with Crippen LogP contribution in [0, 0.1) is 12.7 Å². The van der Waals surface area contributed by atoms with Gasteiger partial charge in [-0.05, 0) is 32.4 Å². The van der Waals surface area contributed by atoms with Crippen LogP contribution in [0.3, 0.4) is 0 Å². The highest BCUT2D eigenvalue weighted by Gasteiger charge is 2.48. The maximum absolute atomic E-state index is 13.9. The van der Waals surface area contributed by atoms with Crippen LogP contribution in [0.1, 0.15) is 25.8 Å². The van der Waals surface area contributed by atoms with E-state index in [1.807, 2.05) is 13.8 Å². The molecule has 1 aromatic carbocycles. The summed E-state index contributed by atoms with van der Waals surface area (Å²) in [4.78, 5) is 14.3. The SMILES string of the molecule is Cc1cccc(F)c1NC(=O)N1CC(C)OC2(CCOC2C)C1. The highest BCUT2D eigenvalue weighted by atomic mass is 19.1. The van der Waals surface area contributed by atoms with E-state index >= 15 is 0 Å². The fourth-order valence-electron chi connectivity index (χ4n) is 3.43. The van der Waals surface area contributed by atoms with Crippen LogP contribution in [0.15, 0.2) is 18.2 Å². The second-order valence-electron chi connectivity index (χ2n) is 6.50. The van der Waals surface area contributed by atoms with E-state index in [4.69, 9.17) is 9.47 Å². The highest BCUT2D eigenvalue weighted by molar-refractivity contribution is 5.90. The largest absolute Gasteiger partial charge is 0.375 e. The number of carbonyl (C=O) groups is 1. The first-order valence-electron chi connectivity index (χ1n) is 8.02. The number of urea groups is 1. The summed E-state index contributed by atoms with van der Waals surface area (Å²) in [5.74, 6) is -0.424. The van der Waals surface area contributed by atoms with E-state index in [2.05, 4.69) is 5.32 Å². The number of aryl methyl sites for hydroxylation is 1. The summed E-state index contributed by atoms with van der Waals surface area (Å²) < 4.78 is 25.7. The number of nitrogens with one attached hydrogen (secondary N) is 1. The molecule has 3 atom stereocenters. The Balaban J connectivity index is 1.77. The fraction of sp³-hybridized carbons (Fsp3) is 0.588. The van der Waals surface area contributed by atoms with Crippen molar-refractivity contribution >= 4 is 11.7 Å². The Morgan fingerprint density at radius 1 is 1.43 bits per heavy atom. The monoisotopic (exact) mass is 322 g/mol. The molecule has 6 heteroatoms. The van der Waals surface area contributed by atoms with Crippen LogP contribution in [0.2, 0.25) is 0 Å². The third-order valence-electron chi connectivity index (χ3n) is 4.75. The van der Waals surface area contributed by atoms with E-state index in [0.717, 1.165) is 6.42 Å². The smallest absolute Gasteiger partial charge is 0.322 e. The number of amides is 2. The summed E-state index contributed by atoms with van der Waals surface area (Å²) >= 11 is 0. The molecule has 2 fully saturated rings. The van der Waals surface area contributed by atoms with Gasteiger partial charge in [-0.15, -0.1) is 0 Å². The molecule has 2 saturated heterocycles. The predicted octanol–water partition coefficient (Wildman–Crippen LogP) is 2.93. The van der Waals surface area contributed by atoms with Gasteiger partial charge in [0, 0.05) is 19.6 Å². The number of hydrogen-bond donors (Lipinski definition) is 1. The number of para-hydroxylation sites is 1. The van der Waals surface area contributed by atoms with E-state index in [0.29, 0.717) is 25.3 Å². The maximum Gasteiger partial charge on any atom is 0.322 e. The zero-order chi connectivity index (χ0) is 16.6. The van der Waals surface area contributed by atoms with Crippen LogP contribution in [0.4, 0.5) is 14.9 Å². The standard InChI is InChI=1S/C17H23FN2O3/c1-11-5-4-6-14(18)15(11)19-16(21)20-9-12(2)23-17(10-20)7-8-22-13(17)3/h4-6,12-13H,7-10H2,1-3H3,(H,19,21). The molecule has 1 aromatic rings. The molecule has 3 rings (SSSR count). The quantitative estimate of drug-likeness (QED) is 0.865. The van der Waals surface area contributed by atoms with Gasteiger partial charge in [0.25, 0.3) is 0 Å². The molecule has 0 radical (unpaired) electrons. The Kier molecular flexibility index (Phi) is 4.29. The number of halogens is 1. The van der Waals surface area contributed by atoms with Gasteiger partial charge in [0.15, 0.2) is 0 Å². The van der Waals surface area contributed by atoms with E-state index in [-0.39, 0.29) is 23.9 Å². The molecule has 0 aromatic heterocycles. The first-order chi connectivity index (χ1) is 10.9. The molecule has 1 N–H and O–H groups in total. The van der Waals surface area contributed by atoms with Crippen LogP contribution in [0.5, 0.6) is 0 Å². The van der Waals surface area contributed by atoms with Crippen LogP contribution in [0.25, 0.3) is 0 Å². The fourth-order valence-corrected chi connectivity index (χ4v) is 3.43. The lowest BCUT2D eigenvalue weighted by atomic mass is 9.93. The van der Waals surface area contributed by atoms with Gasteiger partial charge < -0.3 is 19.7 Å². The van der Waals surface area contributed by atoms with Crippen LogP contribution in [-0.4, -0.2) is 48.4 Å². The lowest BCUT2D eigenvalue weighted by Gasteiger charge is -2.45. The van der Waals surface area contributed by atoms with Crippen LogP contribution in [-0.2, 0) is 9.47 Å². The van der Waals surface area contributed by atoms with Gasteiger partial charge in [-0.2, -0.15) is 0 Å². The zero-order valence-corrected chi connectivity index (χ0v) is 13.8. The molecule has 1 spiro atoms. The summed E-state index contributed by atoms with van der Waals surface area (Å²) in [5, 5.41) is 2.71. The second kappa shape index (κ2) is 6.09. The number of anilines is 1. The van der Waals surface area contributed by atoms with E-state index in [1.54, 1.807) is 24.0 Å². The van der Waals surface area contributed by atoms with Gasteiger partial charge >= 0.3 is 6.03 Å². The van der Waals surface area contributed by atoms with Crippen molar-refractivity contribution in [2.24, 2.45) is 0 Å². The van der Waals surface area contributed by atoms with Gasteiger partial charge in [-0.25, -0.2) is 9.18 Å². The van der Waals surface area contributed by atoms with Crippen molar-refractivity contribution in [3.05, 3.63) is 29.6 Å². The molecular formula is C17H23FN2O3. The molecule has 2 aliphatic rings. The van der Waals surface area contributed by atoms with Gasteiger partial charge in [-0.3, -0.25) is 0 Å². The molecule has 5 nitrogen and oxygen atoms in total. The molecular weight excluding hydrogens is 299 g/mol. The highest BCUT2D eigenvalue weighted by Crippen LogP contribution is 2.35. The van der Waals surface area contributed by atoms with Gasteiger partial charge in [-0.1, -0.05) is 12.1 Å². The lowest BCUT2D eigenvalue weighted by Crippen LogP contribution is -2.60. The summed E-state index contributed by atoms with van der Waals surface area (Å²) in [6.07, 6.45) is 0.622. The molecule has 23 heavy (non-hydrogen) atoms. The van der Waals surface area contributed by atoms with Crippen molar-refractivity contribution in [2.75, 3.05) is 25.0 Å². The second-order valence-corrected chi connectivity index (χ2v) is 6.50. The Labute approximate surface area is 135 Å². The average Bonchev–Trinajstić information content (AvgIpc) is 2.82. The number of morpholine rings is 1. The molecule has 2 heterocycles. The predicted molar refractivity (Wildman–Crippen MR) is 85.0 cm³/mol. The number of benzene rings is 1. The van der Waals surface area contributed by atoms with Crippen LogP contribution < -0.4 is 5.32 Å². The Morgan fingerprint density at radius 2 is 2.22 bits per heavy atom. The average molecular weight is 322 g/mol. The summed E-state index contributed by atoms with van der Waals surface area (Å²) in [5.41, 5.74) is 0.479. The van der Waals surface area contributed by atoms with Crippen molar-refractivity contribution in [1.82, 2.24) is 4.90 Å². The van der Waals surface area contributed by atoms with Crippen LogP contribution >= 0.6 is 0 Å². The van der Waals surface area contributed by atoms with Crippen molar-refractivity contribution in [1.29, 1.82) is 0 Å². The van der Waals surface area contributed by atoms with Crippen molar-refractivity contribution in [3.8, 4) is 0 Å². The first kappa shape index (κ1) is 16.2. The van der Waals surface area contributed by atoms with E-state index in [1.165, 1.54) is 6.07 Å². The molecule has 0 saturated carbocycles. The number of ether oxygens (including phenoxy) is 2. The van der Waals surface area contributed by atoms with Gasteiger partial charge in [0.05, 0.1) is 24.4 Å². The topological polar surface area (TPSA) is 50.8 Å². The van der Waals surface area contributed by atoms with Crippen molar-refractivity contribution in [3.63, 3.8) is 0 Å². The maximum atomic E-state index is 13.9. The van der Waals surface area contributed by atoms with E-state index < -0.39 is 11.4 Å². The summed E-state index contributed by atoms with van der Waals surface area (Å²) in [6, 6.07) is 4.45. The third-order valence-corrected chi connectivity index (χ3v) is 4.75. The molecule has 0 bridgehead atoms. The van der Waals surface area contributed by atoms with Crippen molar-refractivity contribution in [2.45, 2.75) is 45.0 Å². The van der Waals surface area contributed by atoms with Gasteiger partial charge in [0.1, 0.15) is 11.4 Å².